The van der Waals surface area contributed by atoms with Crippen LogP contribution in [0.1, 0.15) is 54.4 Å². The maximum Gasteiger partial charge on any atom is 0.419 e. The largest absolute Gasteiger partial charge is 0.497 e. The summed E-state index contributed by atoms with van der Waals surface area (Å²) < 4.78 is 89.9. The molecule has 1 saturated carbocycles. The summed E-state index contributed by atoms with van der Waals surface area (Å²) in [4.78, 5) is 26.5. The number of nitrogens with zero attached hydrogens (tertiary/aromatic N) is 1. The van der Waals surface area contributed by atoms with Crippen molar-refractivity contribution < 1.29 is 45.8 Å². The second-order valence-corrected chi connectivity index (χ2v) is 10.3. The number of rotatable bonds is 10. The van der Waals surface area contributed by atoms with Gasteiger partial charge in [-0.3, -0.25) is 9.59 Å². The highest BCUT2D eigenvalue weighted by Gasteiger charge is 2.44. The summed E-state index contributed by atoms with van der Waals surface area (Å²) >= 11 is 0. The minimum atomic E-state index is -5.23. The maximum absolute atomic E-state index is 16.5. The quantitative estimate of drug-likeness (QED) is 0.138. The number of Topliss-reactive ketones (excluding diaryl/α,β-unsaturated/α-hetero) is 1. The van der Waals surface area contributed by atoms with E-state index in [1.54, 1.807) is 55.5 Å². The summed E-state index contributed by atoms with van der Waals surface area (Å²) in [6, 6.07) is 14.2. The van der Waals surface area contributed by atoms with Crippen LogP contribution in [0.15, 0.2) is 54.6 Å². The monoisotopic (exact) mass is 605 g/mol. The van der Waals surface area contributed by atoms with Gasteiger partial charge < -0.3 is 19.1 Å². The van der Waals surface area contributed by atoms with E-state index in [1.807, 2.05) is 0 Å². The molecule has 0 aromatic heterocycles. The molecule has 230 valence electrons. The Morgan fingerprint density at radius 3 is 1.88 bits per heavy atom. The standard InChI is InChI=1S/C32H32F5NO5/c1-4-43-31(40)24-14-9-21(15-27(24)39)28-29(32(35,36)37)25(33)16-26(30(28)34)38(17-19-5-10-22(41-2)11-6-19)18-20-7-12-23(42-3)13-8-20/h5-8,10-13,16,21,24H,4,9,14-15,17-18H2,1-3H3. The van der Waals surface area contributed by atoms with Crippen LogP contribution in [0, 0.1) is 17.6 Å². The van der Waals surface area contributed by atoms with Gasteiger partial charge in [0.1, 0.15) is 29.0 Å². The Morgan fingerprint density at radius 1 is 0.907 bits per heavy atom. The molecule has 0 spiro atoms. The molecule has 3 aromatic rings. The van der Waals surface area contributed by atoms with E-state index in [-0.39, 0.29) is 38.2 Å². The lowest BCUT2D eigenvalue weighted by Gasteiger charge is -2.32. The van der Waals surface area contributed by atoms with Crippen molar-refractivity contribution in [3.63, 3.8) is 0 Å². The number of alkyl halides is 3. The smallest absolute Gasteiger partial charge is 0.419 e. The predicted octanol–water partition coefficient (Wildman–Crippen LogP) is 7.22. The molecular weight excluding hydrogens is 573 g/mol. The summed E-state index contributed by atoms with van der Waals surface area (Å²) in [6.45, 7) is 1.64. The number of benzene rings is 3. The van der Waals surface area contributed by atoms with Gasteiger partial charge in [-0.2, -0.15) is 13.2 Å². The zero-order chi connectivity index (χ0) is 31.3. The van der Waals surface area contributed by atoms with Crippen molar-refractivity contribution in [2.24, 2.45) is 5.92 Å². The molecule has 3 aromatic carbocycles. The molecule has 2 atom stereocenters. The van der Waals surface area contributed by atoms with Crippen molar-refractivity contribution in [3.05, 3.63) is 88.5 Å². The molecule has 4 rings (SSSR count). The summed E-state index contributed by atoms with van der Waals surface area (Å²) in [5, 5.41) is 0. The Balaban J connectivity index is 1.80. The average molecular weight is 606 g/mol. The van der Waals surface area contributed by atoms with Crippen molar-refractivity contribution in [2.75, 3.05) is 25.7 Å². The minimum Gasteiger partial charge on any atom is -0.497 e. The first kappa shape index (κ1) is 31.8. The number of ketones is 1. The molecule has 0 heterocycles. The van der Waals surface area contributed by atoms with Crippen LogP contribution in [-0.2, 0) is 33.6 Å². The highest BCUT2D eigenvalue weighted by atomic mass is 19.4. The molecule has 11 heteroatoms. The third kappa shape index (κ3) is 7.26. The average Bonchev–Trinajstić information content (AvgIpc) is 2.97. The van der Waals surface area contributed by atoms with E-state index in [9.17, 15) is 22.8 Å². The molecule has 1 aliphatic rings. The second kappa shape index (κ2) is 13.4. The van der Waals surface area contributed by atoms with Gasteiger partial charge in [0, 0.05) is 31.1 Å². The molecule has 0 aliphatic heterocycles. The fourth-order valence-corrected chi connectivity index (χ4v) is 5.42. The SMILES string of the molecule is CCOC(=O)C1CCC(c2c(F)c(N(Cc3ccc(OC)cc3)Cc3ccc(OC)cc3)cc(F)c2C(F)(F)F)CC1=O. The van der Waals surface area contributed by atoms with Crippen molar-refractivity contribution in [1.82, 2.24) is 0 Å². The molecule has 0 amide bonds. The number of carbonyl (C=O) groups is 2. The third-order valence-electron chi connectivity index (χ3n) is 7.54. The molecule has 0 saturated heterocycles. The first-order valence-electron chi connectivity index (χ1n) is 13.8. The Hall–Kier alpha value is -4.15. The fraction of sp³-hybridized carbons (Fsp3) is 0.375. The third-order valence-corrected chi connectivity index (χ3v) is 7.54. The van der Waals surface area contributed by atoms with E-state index in [4.69, 9.17) is 14.2 Å². The molecule has 0 radical (unpaired) electrons. The van der Waals surface area contributed by atoms with Gasteiger partial charge in [0.05, 0.1) is 32.1 Å². The Morgan fingerprint density at radius 2 is 1.44 bits per heavy atom. The lowest BCUT2D eigenvalue weighted by atomic mass is 9.76. The number of hydrogen-bond donors (Lipinski definition) is 0. The first-order chi connectivity index (χ1) is 20.5. The van der Waals surface area contributed by atoms with E-state index in [0.29, 0.717) is 28.7 Å². The van der Waals surface area contributed by atoms with Crippen LogP contribution in [0.5, 0.6) is 11.5 Å². The molecule has 1 fully saturated rings. The van der Waals surface area contributed by atoms with Crippen molar-refractivity contribution in [3.8, 4) is 11.5 Å². The number of esters is 1. The van der Waals surface area contributed by atoms with E-state index >= 15 is 8.78 Å². The van der Waals surface area contributed by atoms with Crippen molar-refractivity contribution >= 4 is 17.4 Å². The van der Waals surface area contributed by atoms with E-state index in [1.165, 1.54) is 19.1 Å². The van der Waals surface area contributed by atoms with Crippen LogP contribution in [0.25, 0.3) is 0 Å². The van der Waals surface area contributed by atoms with Gasteiger partial charge in [-0.05, 0) is 61.1 Å². The molecule has 0 bridgehead atoms. The number of halogens is 5. The van der Waals surface area contributed by atoms with Crippen LogP contribution < -0.4 is 14.4 Å². The Labute approximate surface area is 246 Å². The van der Waals surface area contributed by atoms with Gasteiger partial charge >= 0.3 is 12.1 Å². The summed E-state index contributed by atoms with van der Waals surface area (Å²) in [5.41, 5.74) is -1.70. The van der Waals surface area contributed by atoms with Gasteiger partial charge in [0.25, 0.3) is 0 Å². The topological polar surface area (TPSA) is 65.1 Å². The Bertz CT molecular complexity index is 1390. The van der Waals surface area contributed by atoms with Gasteiger partial charge in [-0.1, -0.05) is 24.3 Å². The van der Waals surface area contributed by atoms with Gasteiger partial charge in [-0.15, -0.1) is 0 Å². The highest BCUT2D eigenvalue weighted by Crippen LogP contribution is 2.46. The summed E-state index contributed by atoms with van der Waals surface area (Å²) in [6.07, 6.45) is -6.04. The van der Waals surface area contributed by atoms with Gasteiger partial charge in [0.2, 0.25) is 0 Å². The Kier molecular flexibility index (Phi) is 9.93. The summed E-state index contributed by atoms with van der Waals surface area (Å²) in [7, 11) is 3.00. The number of hydrogen-bond acceptors (Lipinski definition) is 6. The molecule has 1 aliphatic carbocycles. The molecule has 0 N–H and O–H groups in total. The van der Waals surface area contributed by atoms with Crippen LogP contribution in [-0.4, -0.2) is 32.6 Å². The van der Waals surface area contributed by atoms with Crippen LogP contribution in [0.2, 0.25) is 0 Å². The highest BCUT2D eigenvalue weighted by molar-refractivity contribution is 6.00. The van der Waals surface area contributed by atoms with Crippen LogP contribution >= 0.6 is 0 Å². The zero-order valence-corrected chi connectivity index (χ0v) is 24.0. The van der Waals surface area contributed by atoms with E-state index in [0.717, 1.165) is 0 Å². The number of anilines is 1. The minimum absolute atomic E-state index is 0.0196. The van der Waals surface area contributed by atoms with Crippen LogP contribution in [0.3, 0.4) is 0 Å². The summed E-state index contributed by atoms with van der Waals surface area (Å²) in [5.74, 6) is -5.63. The molecule has 6 nitrogen and oxygen atoms in total. The molecular formula is C32H32F5NO5. The predicted molar refractivity (Wildman–Crippen MR) is 149 cm³/mol. The normalized spacial score (nSPS) is 17.0. The first-order valence-corrected chi connectivity index (χ1v) is 13.8. The van der Waals surface area contributed by atoms with Crippen molar-refractivity contribution in [1.29, 1.82) is 0 Å². The zero-order valence-electron chi connectivity index (χ0n) is 24.0. The van der Waals surface area contributed by atoms with E-state index < -0.39 is 58.9 Å². The molecule has 2 unspecified atom stereocenters. The lowest BCUT2D eigenvalue weighted by Crippen LogP contribution is -2.33. The number of ether oxygens (including phenoxy) is 3. The lowest BCUT2D eigenvalue weighted by molar-refractivity contribution is -0.153. The fourth-order valence-electron chi connectivity index (χ4n) is 5.42. The van der Waals surface area contributed by atoms with Crippen molar-refractivity contribution in [2.45, 2.75) is 51.4 Å². The number of methoxy groups -OCH3 is 2. The van der Waals surface area contributed by atoms with E-state index in [2.05, 4.69) is 0 Å². The van der Waals surface area contributed by atoms with Crippen LogP contribution in [0.4, 0.5) is 27.6 Å². The number of carbonyl (C=O) groups excluding carboxylic acids is 2. The maximum atomic E-state index is 16.5. The van der Waals surface area contributed by atoms with Gasteiger partial charge in [0.15, 0.2) is 5.82 Å². The second-order valence-electron chi connectivity index (χ2n) is 10.3. The van der Waals surface area contributed by atoms with Gasteiger partial charge in [-0.25, -0.2) is 8.78 Å². The molecule has 43 heavy (non-hydrogen) atoms.